The molecule has 7 nitrogen and oxygen atoms in total. The maximum Gasteiger partial charge on any atom is 0.228 e. The number of carbonyl (C=O) groups is 1. The van der Waals surface area contributed by atoms with Gasteiger partial charge in [0.2, 0.25) is 5.91 Å². The molecule has 4 rings (SSSR count). The number of likely N-dealkylation sites (tertiary alicyclic amines) is 2. The van der Waals surface area contributed by atoms with Crippen LogP contribution in [-0.2, 0) is 17.9 Å². The van der Waals surface area contributed by atoms with Crippen molar-refractivity contribution >= 4 is 5.91 Å². The van der Waals surface area contributed by atoms with Crippen molar-refractivity contribution < 1.29 is 9.32 Å². The minimum absolute atomic E-state index is 0.191. The van der Waals surface area contributed by atoms with Gasteiger partial charge in [0, 0.05) is 43.6 Å². The Morgan fingerprint density at radius 3 is 2.79 bits per heavy atom. The molecule has 0 unspecified atom stereocenters. The van der Waals surface area contributed by atoms with Gasteiger partial charge in [0.25, 0.3) is 0 Å². The Kier molecular flexibility index (Phi) is 5.69. The minimum Gasteiger partial charge on any atom is -0.361 e. The molecule has 2 aromatic heterocycles. The highest BCUT2D eigenvalue weighted by molar-refractivity contribution is 5.84. The van der Waals surface area contributed by atoms with Crippen molar-refractivity contribution in [3.8, 4) is 0 Å². The zero-order chi connectivity index (χ0) is 20.4. The number of aromatic nitrogens is 2. The molecule has 2 fully saturated rings. The predicted octanol–water partition coefficient (Wildman–Crippen LogP) is 2.29. The van der Waals surface area contributed by atoms with Crippen molar-refractivity contribution in [3.63, 3.8) is 0 Å². The lowest BCUT2D eigenvalue weighted by Gasteiger charge is -2.53. The Morgan fingerprint density at radius 2 is 2.07 bits per heavy atom. The summed E-state index contributed by atoms with van der Waals surface area (Å²) in [7, 11) is 2.15. The first kappa shape index (κ1) is 20.0. The van der Waals surface area contributed by atoms with Crippen molar-refractivity contribution in [2.45, 2.75) is 52.2 Å². The van der Waals surface area contributed by atoms with Crippen molar-refractivity contribution in [1.29, 1.82) is 0 Å². The summed E-state index contributed by atoms with van der Waals surface area (Å²) in [5.41, 5.74) is 2.85. The van der Waals surface area contributed by atoms with Crippen LogP contribution in [0.5, 0.6) is 0 Å². The van der Waals surface area contributed by atoms with Crippen LogP contribution in [0.2, 0.25) is 0 Å². The van der Waals surface area contributed by atoms with Crippen LogP contribution in [0, 0.1) is 19.3 Å². The number of nitrogens with zero attached hydrogens (tertiary/aromatic N) is 4. The molecule has 156 valence electrons. The number of aryl methyl sites for hydroxylation is 2. The molecule has 0 radical (unpaired) electrons. The molecule has 0 aromatic carbocycles. The first-order chi connectivity index (χ1) is 14.0. The molecule has 29 heavy (non-hydrogen) atoms. The molecule has 2 saturated heterocycles. The topological polar surface area (TPSA) is 74.5 Å². The highest BCUT2D eigenvalue weighted by Crippen LogP contribution is 2.43. The van der Waals surface area contributed by atoms with Crippen molar-refractivity contribution in [2.75, 3.05) is 26.7 Å². The molecule has 0 saturated carbocycles. The van der Waals surface area contributed by atoms with Crippen LogP contribution < -0.4 is 5.32 Å². The van der Waals surface area contributed by atoms with Gasteiger partial charge in [-0.3, -0.25) is 14.7 Å². The highest BCUT2D eigenvalue weighted by Gasteiger charge is 2.52. The molecule has 0 bridgehead atoms. The number of nitrogens with one attached hydrogen (secondary N) is 1. The number of fused-ring (bicyclic) bond motifs is 1. The van der Waals surface area contributed by atoms with Crippen LogP contribution in [0.1, 0.15) is 41.8 Å². The zero-order valence-electron chi connectivity index (χ0n) is 17.6. The number of amides is 1. The van der Waals surface area contributed by atoms with Crippen molar-refractivity contribution in [2.24, 2.45) is 5.41 Å². The first-order valence-corrected chi connectivity index (χ1v) is 10.5. The van der Waals surface area contributed by atoms with Gasteiger partial charge >= 0.3 is 0 Å². The number of hydrogen-bond acceptors (Lipinski definition) is 6. The predicted molar refractivity (Wildman–Crippen MR) is 110 cm³/mol. The maximum absolute atomic E-state index is 13.5. The molecule has 2 atom stereocenters. The normalized spacial score (nSPS) is 25.6. The number of piperidine rings is 2. The quantitative estimate of drug-likeness (QED) is 0.834. The van der Waals surface area contributed by atoms with E-state index in [1.807, 2.05) is 26.0 Å². The Labute approximate surface area is 172 Å². The molecular formula is C22H31N5O2. The largest absolute Gasteiger partial charge is 0.361 e. The molecule has 1 N–H and O–H groups in total. The maximum atomic E-state index is 13.5. The Hall–Kier alpha value is -2.25. The number of rotatable bonds is 5. The molecule has 4 heterocycles. The average molecular weight is 398 g/mol. The summed E-state index contributed by atoms with van der Waals surface area (Å²) < 4.78 is 5.38. The summed E-state index contributed by atoms with van der Waals surface area (Å²) in [6.07, 6.45) is 6.42. The monoisotopic (exact) mass is 397 g/mol. The Bertz CT molecular complexity index is 833. The fraction of sp³-hybridized carbons (Fsp3) is 0.591. The van der Waals surface area contributed by atoms with E-state index >= 15 is 0 Å². The summed E-state index contributed by atoms with van der Waals surface area (Å²) in [4.78, 5) is 22.4. The van der Waals surface area contributed by atoms with E-state index < -0.39 is 0 Å². The van der Waals surface area contributed by atoms with E-state index in [-0.39, 0.29) is 17.4 Å². The Morgan fingerprint density at radius 1 is 1.28 bits per heavy atom. The van der Waals surface area contributed by atoms with Gasteiger partial charge in [-0.25, -0.2) is 0 Å². The van der Waals surface area contributed by atoms with Gasteiger partial charge in [-0.15, -0.1) is 0 Å². The molecule has 0 aliphatic carbocycles. The second kappa shape index (κ2) is 8.24. The third-order valence-corrected chi connectivity index (χ3v) is 6.77. The highest BCUT2D eigenvalue weighted by atomic mass is 16.5. The minimum atomic E-state index is -0.337. The number of pyridine rings is 1. The van der Waals surface area contributed by atoms with E-state index in [9.17, 15) is 4.79 Å². The van der Waals surface area contributed by atoms with E-state index in [1.165, 1.54) is 0 Å². The van der Waals surface area contributed by atoms with E-state index in [0.717, 1.165) is 68.0 Å². The van der Waals surface area contributed by atoms with Gasteiger partial charge in [0.1, 0.15) is 5.76 Å². The van der Waals surface area contributed by atoms with E-state index in [0.29, 0.717) is 6.54 Å². The van der Waals surface area contributed by atoms with Crippen LogP contribution in [0.3, 0.4) is 0 Å². The fourth-order valence-corrected chi connectivity index (χ4v) is 4.99. The van der Waals surface area contributed by atoms with Crippen LogP contribution in [0.4, 0.5) is 0 Å². The SMILES string of the molecule is Cc1noc(C)c1CN1CCC[C@@]2(C(=O)NCc3ccncc3)CCN(C)C[C@@H]12. The van der Waals surface area contributed by atoms with E-state index in [2.05, 4.69) is 32.3 Å². The van der Waals surface area contributed by atoms with Crippen LogP contribution >= 0.6 is 0 Å². The molecular weight excluding hydrogens is 366 g/mol. The van der Waals surface area contributed by atoms with Crippen LogP contribution in [0.15, 0.2) is 29.0 Å². The summed E-state index contributed by atoms with van der Waals surface area (Å²) >= 11 is 0. The van der Waals surface area contributed by atoms with Gasteiger partial charge < -0.3 is 14.7 Å². The van der Waals surface area contributed by atoms with Gasteiger partial charge in [-0.1, -0.05) is 5.16 Å². The smallest absolute Gasteiger partial charge is 0.228 e. The number of likely N-dealkylation sites (N-methyl/N-ethyl adjacent to an activating group) is 1. The average Bonchev–Trinajstić information content (AvgIpc) is 3.05. The lowest BCUT2D eigenvalue weighted by Crippen LogP contribution is -2.65. The molecule has 2 aliphatic rings. The van der Waals surface area contributed by atoms with Crippen LogP contribution in [0.25, 0.3) is 0 Å². The van der Waals surface area contributed by atoms with Gasteiger partial charge in [-0.05, 0) is 70.9 Å². The van der Waals surface area contributed by atoms with Crippen molar-refractivity contribution in [3.05, 3.63) is 47.1 Å². The number of carbonyl (C=O) groups excluding carboxylic acids is 1. The second-order valence-electron chi connectivity index (χ2n) is 8.60. The molecule has 1 amide bonds. The third-order valence-electron chi connectivity index (χ3n) is 6.77. The van der Waals surface area contributed by atoms with Gasteiger partial charge in [-0.2, -0.15) is 0 Å². The lowest BCUT2D eigenvalue weighted by molar-refractivity contribution is -0.145. The first-order valence-electron chi connectivity index (χ1n) is 10.5. The Balaban J connectivity index is 1.55. The molecule has 0 spiro atoms. The standard InChI is InChI=1S/C22H31N5O2/c1-16-19(17(2)29-25-16)14-27-11-4-7-22(8-12-26(3)15-20(22)27)21(28)24-13-18-5-9-23-10-6-18/h5-6,9-10,20H,4,7-8,11-15H2,1-3H3,(H,24,28)/t20-,22-/m1/s1. The summed E-state index contributed by atoms with van der Waals surface area (Å²) in [5.74, 6) is 1.07. The lowest BCUT2D eigenvalue weighted by atomic mass is 9.67. The van der Waals surface area contributed by atoms with Gasteiger partial charge in [0.15, 0.2) is 0 Å². The van der Waals surface area contributed by atoms with Crippen molar-refractivity contribution in [1.82, 2.24) is 25.3 Å². The van der Waals surface area contributed by atoms with E-state index in [1.54, 1.807) is 12.4 Å². The van der Waals surface area contributed by atoms with Crippen LogP contribution in [-0.4, -0.2) is 58.6 Å². The third kappa shape index (κ3) is 3.94. The zero-order valence-corrected chi connectivity index (χ0v) is 17.6. The summed E-state index contributed by atoms with van der Waals surface area (Å²) in [6.45, 7) is 8.18. The summed E-state index contributed by atoms with van der Waals surface area (Å²) in [5, 5.41) is 7.35. The fourth-order valence-electron chi connectivity index (χ4n) is 4.99. The number of hydrogen-bond donors (Lipinski definition) is 1. The van der Waals surface area contributed by atoms with Gasteiger partial charge in [0.05, 0.1) is 11.1 Å². The van der Waals surface area contributed by atoms with E-state index in [4.69, 9.17) is 4.52 Å². The molecule has 7 heteroatoms. The summed E-state index contributed by atoms with van der Waals surface area (Å²) in [6, 6.07) is 4.10. The second-order valence-corrected chi connectivity index (χ2v) is 8.60. The molecule has 2 aliphatic heterocycles. The molecule has 2 aromatic rings.